The van der Waals surface area contributed by atoms with Crippen LogP contribution in [0, 0.1) is 0 Å². The smallest absolute Gasteiger partial charge is 0.277 e. The molecule has 7 heteroatoms. The minimum Gasteiger partial charge on any atom is -0.395 e. The highest BCUT2D eigenvalue weighted by Gasteiger charge is 2.17. The second-order valence-corrected chi connectivity index (χ2v) is 2.53. The molecule has 1 rings (SSSR count). The summed E-state index contributed by atoms with van der Waals surface area (Å²) in [4.78, 5) is 12.8. The third kappa shape index (κ3) is 2.51. The quantitative estimate of drug-likeness (QED) is 0.601. The summed E-state index contributed by atoms with van der Waals surface area (Å²) in [6.07, 6.45) is 1.18. The zero-order chi connectivity index (χ0) is 10.4. The van der Waals surface area contributed by atoms with Gasteiger partial charge in [0.25, 0.3) is 5.91 Å². The Balaban J connectivity index is 2.63. The van der Waals surface area contributed by atoms with Gasteiger partial charge in [-0.25, -0.2) is 4.63 Å². The maximum atomic E-state index is 11.5. The number of carbonyl (C=O) groups excluding carboxylic acids is 1. The first kappa shape index (κ1) is 10.6. The second-order valence-electron chi connectivity index (χ2n) is 2.53. The van der Waals surface area contributed by atoms with Gasteiger partial charge < -0.3 is 15.1 Å². The zero-order valence-corrected chi connectivity index (χ0v) is 7.46. The number of aliphatic hydroxyl groups is 2. The maximum Gasteiger partial charge on any atom is 0.277 e. The predicted octanol–water partition coefficient (Wildman–Crippen LogP) is -1.50. The lowest BCUT2D eigenvalue weighted by Crippen LogP contribution is -2.36. The summed E-state index contributed by atoms with van der Waals surface area (Å²) < 4.78 is 4.27. The molecular formula is C7H11N3O4. The second kappa shape index (κ2) is 5.30. The summed E-state index contributed by atoms with van der Waals surface area (Å²) in [5.41, 5.74) is 0.0619. The molecule has 0 saturated carbocycles. The van der Waals surface area contributed by atoms with Crippen LogP contribution in [0.1, 0.15) is 10.5 Å². The predicted molar refractivity (Wildman–Crippen MR) is 44.4 cm³/mol. The van der Waals surface area contributed by atoms with Crippen LogP contribution in [-0.4, -0.2) is 57.6 Å². The van der Waals surface area contributed by atoms with E-state index in [1.165, 1.54) is 11.1 Å². The first-order chi connectivity index (χ1) is 6.79. The fraction of sp³-hybridized carbons (Fsp3) is 0.571. The van der Waals surface area contributed by atoms with E-state index >= 15 is 0 Å². The van der Waals surface area contributed by atoms with Crippen LogP contribution in [0.4, 0.5) is 0 Å². The fourth-order valence-electron chi connectivity index (χ4n) is 0.977. The molecule has 1 aromatic rings. The van der Waals surface area contributed by atoms with Gasteiger partial charge in [0.05, 0.1) is 13.2 Å². The van der Waals surface area contributed by atoms with Crippen LogP contribution in [0.25, 0.3) is 0 Å². The van der Waals surface area contributed by atoms with Crippen molar-refractivity contribution in [1.29, 1.82) is 0 Å². The van der Waals surface area contributed by atoms with Crippen LogP contribution in [0.2, 0.25) is 0 Å². The molecule has 0 aliphatic carbocycles. The normalized spacial score (nSPS) is 10.1. The van der Waals surface area contributed by atoms with Crippen LogP contribution in [-0.2, 0) is 0 Å². The van der Waals surface area contributed by atoms with Crippen molar-refractivity contribution in [2.24, 2.45) is 0 Å². The zero-order valence-electron chi connectivity index (χ0n) is 7.46. The molecule has 1 aromatic heterocycles. The summed E-state index contributed by atoms with van der Waals surface area (Å²) in [5, 5.41) is 24.0. The highest BCUT2D eigenvalue weighted by molar-refractivity contribution is 5.91. The van der Waals surface area contributed by atoms with Gasteiger partial charge in [0.1, 0.15) is 6.20 Å². The molecule has 0 bridgehead atoms. The van der Waals surface area contributed by atoms with E-state index < -0.39 is 5.91 Å². The lowest BCUT2D eigenvalue weighted by atomic mass is 10.3. The Morgan fingerprint density at radius 3 is 2.50 bits per heavy atom. The molecule has 0 unspecified atom stereocenters. The van der Waals surface area contributed by atoms with Crippen molar-refractivity contribution < 1.29 is 19.6 Å². The number of aromatic nitrogens is 2. The van der Waals surface area contributed by atoms with E-state index in [2.05, 4.69) is 14.9 Å². The number of rotatable bonds is 5. The van der Waals surface area contributed by atoms with Crippen LogP contribution >= 0.6 is 0 Å². The van der Waals surface area contributed by atoms with Gasteiger partial charge in [-0.1, -0.05) is 5.16 Å². The number of hydrogen-bond donors (Lipinski definition) is 2. The maximum absolute atomic E-state index is 11.5. The molecule has 2 N–H and O–H groups in total. The SMILES string of the molecule is O=C(c1cnon1)N(CCO)CCO. The molecule has 0 saturated heterocycles. The molecule has 0 aliphatic heterocycles. The van der Waals surface area contributed by atoms with Crippen molar-refractivity contribution in [2.75, 3.05) is 26.3 Å². The van der Waals surface area contributed by atoms with E-state index in [4.69, 9.17) is 10.2 Å². The van der Waals surface area contributed by atoms with E-state index in [1.54, 1.807) is 0 Å². The number of nitrogens with zero attached hydrogens (tertiary/aromatic N) is 3. The Bertz CT molecular complexity index is 268. The molecule has 0 atom stereocenters. The summed E-state index contributed by atoms with van der Waals surface area (Å²) >= 11 is 0. The Hall–Kier alpha value is -1.47. The van der Waals surface area contributed by atoms with Crippen molar-refractivity contribution in [3.63, 3.8) is 0 Å². The van der Waals surface area contributed by atoms with E-state index in [1.807, 2.05) is 0 Å². The van der Waals surface area contributed by atoms with E-state index in [0.29, 0.717) is 0 Å². The number of aliphatic hydroxyl groups excluding tert-OH is 2. The van der Waals surface area contributed by atoms with Crippen LogP contribution in [0.15, 0.2) is 10.8 Å². The van der Waals surface area contributed by atoms with Crippen LogP contribution in [0.3, 0.4) is 0 Å². The van der Waals surface area contributed by atoms with E-state index in [9.17, 15) is 4.79 Å². The minimum atomic E-state index is -0.422. The van der Waals surface area contributed by atoms with Gasteiger partial charge in [-0.05, 0) is 5.16 Å². The minimum absolute atomic E-state index is 0.0619. The standard InChI is InChI=1S/C7H11N3O4/c11-3-1-10(2-4-12)7(13)6-5-8-14-9-6/h5,11-12H,1-4H2. The van der Waals surface area contributed by atoms with Crippen molar-refractivity contribution in [3.8, 4) is 0 Å². The molecule has 0 radical (unpaired) electrons. The van der Waals surface area contributed by atoms with Gasteiger partial charge in [0, 0.05) is 13.1 Å². The van der Waals surface area contributed by atoms with Gasteiger partial charge in [0.2, 0.25) is 0 Å². The third-order valence-corrected chi connectivity index (χ3v) is 1.61. The Labute approximate surface area is 79.9 Å². The van der Waals surface area contributed by atoms with Crippen LogP contribution < -0.4 is 0 Å². The largest absolute Gasteiger partial charge is 0.395 e. The van der Waals surface area contributed by atoms with E-state index in [0.717, 1.165) is 0 Å². The average molecular weight is 201 g/mol. The monoisotopic (exact) mass is 201 g/mol. The first-order valence-corrected chi connectivity index (χ1v) is 4.08. The number of amides is 1. The van der Waals surface area contributed by atoms with Crippen molar-refractivity contribution in [1.82, 2.24) is 15.2 Å². The number of carbonyl (C=O) groups is 1. The van der Waals surface area contributed by atoms with Gasteiger partial charge in [-0.2, -0.15) is 0 Å². The molecule has 0 aromatic carbocycles. The summed E-state index contributed by atoms with van der Waals surface area (Å²) in [5.74, 6) is -0.422. The highest BCUT2D eigenvalue weighted by Crippen LogP contribution is 1.99. The van der Waals surface area contributed by atoms with Crippen LogP contribution in [0.5, 0.6) is 0 Å². The van der Waals surface area contributed by atoms with Gasteiger partial charge in [0.15, 0.2) is 5.69 Å². The van der Waals surface area contributed by atoms with Crippen molar-refractivity contribution in [2.45, 2.75) is 0 Å². The molecule has 7 nitrogen and oxygen atoms in total. The molecular weight excluding hydrogens is 190 g/mol. The first-order valence-electron chi connectivity index (χ1n) is 4.08. The molecule has 78 valence electrons. The summed E-state index contributed by atoms with van der Waals surface area (Å²) in [6, 6.07) is 0. The third-order valence-electron chi connectivity index (χ3n) is 1.61. The van der Waals surface area contributed by atoms with Gasteiger partial charge in [-0.3, -0.25) is 4.79 Å². The number of hydrogen-bond acceptors (Lipinski definition) is 6. The topological polar surface area (TPSA) is 99.7 Å². The fourth-order valence-corrected chi connectivity index (χ4v) is 0.977. The van der Waals surface area contributed by atoms with Crippen molar-refractivity contribution in [3.05, 3.63) is 11.9 Å². The average Bonchev–Trinajstić information content (AvgIpc) is 2.69. The summed E-state index contributed by atoms with van der Waals surface area (Å²) in [6.45, 7) is -0.0491. The molecule has 14 heavy (non-hydrogen) atoms. The van der Waals surface area contributed by atoms with E-state index in [-0.39, 0.29) is 32.0 Å². The molecule has 0 fully saturated rings. The highest BCUT2D eigenvalue weighted by atomic mass is 16.6. The van der Waals surface area contributed by atoms with Gasteiger partial charge >= 0.3 is 0 Å². The Kier molecular flexibility index (Phi) is 4.02. The molecule has 0 aliphatic rings. The van der Waals surface area contributed by atoms with Crippen molar-refractivity contribution >= 4 is 5.91 Å². The molecule has 0 spiro atoms. The summed E-state index contributed by atoms with van der Waals surface area (Å²) in [7, 11) is 0. The Morgan fingerprint density at radius 1 is 1.43 bits per heavy atom. The molecule has 1 amide bonds. The molecule has 1 heterocycles. The lowest BCUT2D eigenvalue weighted by molar-refractivity contribution is 0.0674. The Morgan fingerprint density at radius 2 is 2.07 bits per heavy atom. The lowest BCUT2D eigenvalue weighted by Gasteiger charge is -2.18. The van der Waals surface area contributed by atoms with Gasteiger partial charge in [-0.15, -0.1) is 0 Å².